The molecule has 0 saturated heterocycles. The molecular formula is C20H11N3O3. The third-order valence-electron chi connectivity index (χ3n) is 3.82. The maximum Gasteiger partial charge on any atom is 0.256 e. The summed E-state index contributed by atoms with van der Waals surface area (Å²) in [7, 11) is 0. The molecule has 4 rings (SSSR count). The van der Waals surface area contributed by atoms with E-state index in [2.05, 4.69) is 9.97 Å². The summed E-state index contributed by atoms with van der Waals surface area (Å²) < 4.78 is 11.2. The lowest BCUT2D eigenvalue weighted by molar-refractivity contribution is 0.457. The predicted octanol–water partition coefficient (Wildman–Crippen LogP) is 3.91. The van der Waals surface area contributed by atoms with E-state index in [1.165, 1.54) is 18.7 Å². The van der Waals surface area contributed by atoms with Gasteiger partial charge in [0.15, 0.2) is 5.43 Å². The van der Waals surface area contributed by atoms with Crippen LogP contribution in [0.4, 0.5) is 0 Å². The number of ether oxygens (including phenoxy) is 1. The highest BCUT2D eigenvalue weighted by Crippen LogP contribution is 2.26. The lowest BCUT2D eigenvalue weighted by atomic mass is 10.1. The number of hydrogen-bond acceptors (Lipinski definition) is 6. The van der Waals surface area contributed by atoms with Crippen molar-refractivity contribution in [1.82, 2.24) is 9.97 Å². The summed E-state index contributed by atoms with van der Waals surface area (Å²) in [6, 6.07) is 16.1. The molecule has 4 aromatic rings. The molecule has 0 aliphatic rings. The Balaban J connectivity index is 1.75. The highest BCUT2D eigenvalue weighted by molar-refractivity contribution is 5.82. The van der Waals surface area contributed by atoms with E-state index < -0.39 is 0 Å². The zero-order valence-corrected chi connectivity index (χ0v) is 13.4. The van der Waals surface area contributed by atoms with Crippen LogP contribution < -0.4 is 10.2 Å². The van der Waals surface area contributed by atoms with Crippen molar-refractivity contribution < 1.29 is 9.15 Å². The Bertz CT molecular complexity index is 1190. The van der Waals surface area contributed by atoms with Gasteiger partial charge in [0.05, 0.1) is 10.9 Å². The van der Waals surface area contributed by atoms with Crippen LogP contribution in [0.3, 0.4) is 0 Å². The Hall–Kier alpha value is -3.98. The largest absolute Gasteiger partial charge is 0.463 e. The molecule has 0 amide bonds. The summed E-state index contributed by atoms with van der Waals surface area (Å²) in [5, 5.41) is 9.49. The minimum absolute atomic E-state index is 0.0773. The van der Waals surface area contributed by atoms with Crippen LogP contribution in [0.25, 0.3) is 22.1 Å². The van der Waals surface area contributed by atoms with Crippen molar-refractivity contribution in [3.05, 3.63) is 83.1 Å². The van der Waals surface area contributed by atoms with Crippen molar-refractivity contribution in [2.45, 2.75) is 0 Å². The lowest BCUT2D eigenvalue weighted by Gasteiger charge is -2.07. The Kier molecular flexibility index (Phi) is 3.88. The molecule has 0 atom stereocenters. The maximum atomic E-state index is 12.7. The van der Waals surface area contributed by atoms with Crippen molar-refractivity contribution in [3.63, 3.8) is 0 Å². The molecule has 124 valence electrons. The molecule has 0 N–H and O–H groups in total. The van der Waals surface area contributed by atoms with E-state index in [1.54, 1.807) is 18.2 Å². The van der Waals surface area contributed by atoms with E-state index in [4.69, 9.17) is 14.4 Å². The van der Waals surface area contributed by atoms with Gasteiger partial charge in [-0.1, -0.05) is 30.3 Å². The highest BCUT2D eigenvalue weighted by Gasteiger charge is 2.12. The van der Waals surface area contributed by atoms with E-state index in [1.807, 2.05) is 36.4 Å². The summed E-state index contributed by atoms with van der Waals surface area (Å²) >= 11 is 0. The molecule has 6 heteroatoms. The van der Waals surface area contributed by atoms with Crippen LogP contribution in [0, 0.1) is 11.3 Å². The van der Waals surface area contributed by atoms with Crippen LogP contribution in [0.1, 0.15) is 5.69 Å². The van der Waals surface area contributed by atoms with E-state index in [0.717, 1.165) is 5.56 Å². The molecule has 2 heterocycles. The summed E-state index contributed by atoms with van der Waals surface area (Å²) in [6.45, 7) is 0. The Morgan fingerprint density at radius 3 is 2.65 bits per heavy atom. The Labute approximate surface area is 148 Å². The Morgan fingerprint density at radius 1 is 1.04 bits per heavy atom. The van der Waals surface area contributed by atoms with Gasteiger partial charge in [-0.15, -0.1) is 0 Å². The highest BCUT2D eigenvalue weighted by atomic mass is 16.5. The van der Waals surface area contributed by atoms with Crippen LogP contribution in [-0.4, -0.2) is 9.97 Å². The average Bonchev–Trinajstić information content (AvgIpc) is 2.69. The first kappa shape index (κ1) is 15.5. The van der Waals surface area contributed by atoms with Crippen LogP contribution in [0.15, 0.2) is 76.4 Å². The number of hydrogen-bond donors (Lipinski definition) is 0. The molecule has 0 aliphatic carbocycles. The fourth-order valence-corrected chi connectivity index (χ4v) is 2.58. The van der Waals surface area contributed by atoms with Gasteiger partial charge >= 0.3 is 0 Å². The van der Waals surface area contributed by atoms with Crippen molar-refractivity contribution >= 4 is 11.0 Å². The third kappa shape index (κ3) is 2.78. The predicted molar refractivity (Wildman–Crippen MR) is 94.7 cm³/mol. The quantitative estimate of drug-likeness (QED) is 0.561. The molecule has 0 radical (unpaired) electrons. The summed E-state index contributed by atoms with van der Waals surface area (Å²) in [4.78, 5) is 20.6. The molecule has 0 fully saturated rings. The minimum atomic E-state index is -0.124. The van der Waals surface area contributed by atoms with Crippen molar-refractivity contribution in [3.8, 4) is 28.8 Å². The molecule has 0 spiro atoms. The average molecular weight is 341 g/mol. The van der Waals surface area contributed by atoms with E-state index >= 15 is 0 Å². The monoisotopic (exact) mass is 341 g/mol. The first-order valence-corrected chi connectivity index (χ1v) is 7.76. The molecule has 0 saturated carbocycles. The van der Waals surface area contributed by atoms with E-state index in [0.29, 0.717) is 22.3 Å². The molecule has 6 nitrogen and oxygen atoms in total. The van der Waals surface area contributed by atoms with Crippen LogP contribution >= 0.6 is 0 Å². The smallest absolute Gasteiger partial charge is 0.256 e. The molecule has 2 aromatic carbocycles. The molecule has 2 aromatic heterocycles. The van der Waals surface area contributed by atoms with Crippen LogP contribution in [0.5, 0.6) is 11.6 Å². The second kappa shape index (κ2) is 6.49. The number of nitrogens with zero attached hydrogens (tertiary/aromatic N) is 3. The van der Waals surface area contributed by atoms with Gasteiger partial charge in [0.1, 0.15) is 23.7 Å². The minimum Gasteiger partial charge on any atom is -0.463 e. The lowest BCUT2D eigenvalue weighted by Crippen LogP contribution is -2.04. The second-order valence-electron chi connectivity index (χ2n) is 5.43. The first-order valence-electron chi connectivity index (χ1n) is 7.76. The van der Waals surface area contributed by atoms with Gasteiger partial charge in [0.2, 0.25) is 5.69 Å². The maximum absolute atomic E-state index is 12.7. The molecular weight excluding hydrogens is 330 g/mol. The van der Waals surface area contributed by atoms with E-state index in [9.17, 15) is 4.79 Å². The summed E-state index contributed by atoms with van der Waals surface area (Å²) in [5.74, 6) is 0.489. The van der Waals surface area contributed by atoms with Gasteiger partial charge in [-0.25, -0.2) is 9.97 Å². The fraction of sp³-hybridized carbons (Fsp3) is 0. The second-order valence-corrected chi connectivity index (χ2v) is 5.43. The Morgan fingerprint density at radius 2 is 1.85 bits per heavy atom. The third-order valence-corrected chi connectivity index (χ3v) is 3.82. The van der Waals surface area contributed by atoms with Crippen LogP contribution in [-0.2, 0) is 0 Å². The number of rotatable bonds is 3. The normalized spacial score (nSPS) is 10.4. The fourth-order valence-electron chi connectivity index (χ4n) is 2.58. The van der Waals surface area contributed by atoms with Crippen molar-refractivity contribution in [2.75, 3.05) is 0 Å². The molecule has 0 bridgehead atoms. The number of fused-ring (bicyclic) bond motifs is 1. The first-order chi connectivity index (χ1) is 12.8. The van der Waals surface area contributed by atoms with Crippen molar-refractivity contribution in [2.24, 2.45) is 0 Å². The van der Waals surface area contributed by atoms with Gasteiger partial charge in [-0.2, -0.15) is 5.26 Å². The number of aromatic nitrogens is 2. The van der Waals surface area contributed by atoms with Gasteiger partial charge in [-0.05, 0) is 17.7 Å². The number of benzene rings is 2. The van der Waals surface area contributed by atoms with Gasteiger partial charge in [0.25, 0.3) is 5.88 Å². The van der Waals surface area contributed by atoms with Gasteiger partial charge in [-0.3, -0.25) is 4.79 Å². The molecule has 0 aliphatic heterocycles. The SMILES string of the molecule is N#Cc1nccnc1Oc1ccc2c(=O)c(-c3ccccc3)coc2c1. The van der Waals surface area contributed by atoms with Crippen LogP contribution in [0.2, 0.25) is 0 Å². The van der Waals surface area contributed by atoms with E-state index in [-0.39, 0.29) is 17.0 Å². The topological polar surface area (TPSA) is 89.0 Å². The van der Waals surface area contributed by atoms with Gasteiger partial charge < -0.3 is 9.15 Å². The zero-order valence-electron chi connectivity index (χ0n) is 13.4. The summed E-state index contributed by atoms with van der Waals surface area (Å²) in [6.07, 6.45) is 4.28. The number of nitriles is 1. The standard InChI is InChI=1S/C20H11N3O3/c21-11-17-20(23-9-8-22-17)26-14-6-7-15-18(10-14)25-12-16(19(15)24)13-4-2-1-3-5-13/h1-10,12H. The molecule has 26 heavy (non-hydrogen) atoms. The van der Waals surface area contributed by atoms with Gasteiger partial charge in [0, 0.05) is 18.5 Å². The summed E-state index contributed by atoms with van der Waals surface area (Å²) in [5.41, 5.74) is 1.62. The zero-order chi connectivity index (χ0) is 17.9. The molecule has 0 unspecified atom stereocenters. The van der Waals surface area contributed by atoms with Crippen molar-refractivity contribution in [1.29, 1.82) is 5.26 Å².